The van der Waals surface area contributed by atoms with Crippen LogP contribution in [0.1, 0.15) is 25.7 Å². The summed E-state index contributed by atoms with van der Waals surface area (Å²) >= 11 is 0. The standard InChI is InChI=1S/C15H22N2O5S/c1-22-10-15(19)16-11-5-4-6-12(9-11)17-23(20,21)14-8-3-2-7-13(14)18/h4-6,9,13-14,17-18H,2-3,7-8,10H2,1H3,(H,16,19)/t13-,14-/m0/s1. The molecule has 0 aromatic heterocycles. The van der Waals surface area contributed by atoms with Gasteiger partial charge in [-0.15, -0.1) is 0 Å². The summed E-state index contributed by atoms with van der Waals surface area (Å²) in [5.74, 6) is -0.324. The first-order chi connectivity index (χ1) is 10.9. The minimum atomic E-state index is -3.68. The maximum absolute atomic E-state index is 12.4. The Balaban J connectivity index is 2.08. The zero-order valence-corrected chi connectivity index (χ0v) is 13.8. The van der Waals surface area contributed by atoms with Crippen LogP contribution in [0.3, 0.4) is 0 Å². The highest BCUT2D eigenvalue weighted by Crippen LogP contribution is 2.26. The van der Waals surface area contributed by atoms with Crippen molar-refractivity contribution in [2.24, 2.45) is 0 Å². The topological polar surface area (TPSA) is 105 Å². The molecule has 3 N–H and O–H groups in total. The number of benzene rings is 1. The van der Waals surface area contributed by atoms with Crippen molar-refractivity contribution >= 4 is 27.3 Å². The fraction of sp³-hybridized carbons (Fsp3) is 0.533. The lowest BCUT2D eigenvalue weighted by molar-refractivity contribution is -0.119. The lowest BCUT2D eigenvalue weighted by Crippen LogP contribution is -2.40. The summed E-state index contributed by atoms with van der Waals surface area (Å²) < 4.78 is 32.1. The van der Waals surface area contributed by atoms with Crippen LogP contribution in [0.15, 0.2) is 24.3 Å². The lowest BCUT2D eigenvalue weighted by atomic mass is 9.97. The van der Waals surface area contributed by atoms with Crippen LogP contribution in [0.5, 0.6) is 0 Å². The fourth-order valence-corrected chi connectivity index (χ4v) is 4.30. The van der Waals surface area contributed by atoms with Crippen molar-refractivity contribution in [1.29, 1.82) is 0 Å². The molecule has 1 aliphatic rings. The molecule has 1 amide bonds. The molecule has 1 aromatic rings. The maximum Gasteiger partial charge on any atom is 0.250 e. The Kier molecular flexibility index (Phi) is 5.97. The summed E-state index contributed by atoms with van der Waals surface area (Å²) in [4.78, 5) is 11.5. The molecule has 8 heteroatoms. The average molecular weight is 342 g/mol. The van der Waals surface area contributed by atoms with Gasteiger partial charge < -0.3 is 15.2 Å². The third-order valence-corrected chi connectivity index (χ3v) is 5.62. The molecule has 0 spiro atoms. The molecule has 7 nitrogen and oxygen atoms in total. The first-order valence-corrected chi connectivity index (χ1v) is 9.05. The van der Waals surface area contributed by atoms with Crippen molar-refractivity contribution in [2.45, 2.75) is 37.0 Å². The van der Waals surface area contributed by atoms with E-state index in [0.717, 1.165) is 12.8 Å². The van der Waals surface area contributed by atoms with Crippen molar-refractivity contribution < 1.29 is 23.1 Å². The van der Waals surface area contributed by atoms with Crippen LogP contribution in [-0.4, -0.2) is 44.5 Å². The van der Waals surface area contributed by atoms with Gasteiger partial charge in [-0.25, -0.2) is 8.42 Å². The van der Waals surface area contributed by atoms with Gasteiger partial charge in [-0.2, -0.15) is 0 Å². The molecule has 23 heavy (non-hydrogen) atoms. The Labute approximate surface area is 136 Å². The van der Waals surface area contributed by atoms with E-state index in [9.17, 15) is 18.3 Å². The van der Waals surface area contributed by atoms with Gasteiger partial charge in [-0.1, -0.05) is 18.9 Å². The van der Waals surface area contributed by atoms with E-state index in [4.69, 9.17) is 4.74 Å². The van der Waals surface area contributed by atoms with Crippen LogP contribution in [-0.2, 0) is 19.6 Å². The van der Waals surface area contributed by atoms with E-state index in [1.54, 1.807) is 18.2 Å². The van der Waals surface area contributed by atoms with Gasteiger partial charge in [0.05, 0.1) is 11.8 Å². The van der Waals surface area contributed by atoms with Crippen LogP contribution in [0.4, 0.5) is 11.4 Å². The fourth-order valence-electron chi connectivity index (χ4n) is 2.67. The molecule has 0 aliphatic heterocycles. The quantitative estimate of drug-likeness (QED) is 0.723. The molecule has 1 aliphatic carbocycles. The van der Waals surface area contributed by atoms with Crippen molar-refractivity contribution in [1.82, 2.24) is 0 Å². The Hall–Kier alpha value is -1.64. The Bertz CT molecular complexity index is 647. The number of aliphatic hydroxyl groups excluding tert-OH is 1. The molecule has 0 heterocycles. The van der Waals surface area contributed by atoms with E-state index in [1.165, 1.54) is 13.2 Å². The number of rotatable bonds is 6. The highest BCUT2D eigenvalue weighted by molar-refractivity contribution is 7.93. The Morgan fingerprint density at radius 2 is 2.00 bits per heavy atom. The Morgan fingerprint density at radius 1 is 1.30 bits per heavy atom. The molecule has 0 radical (unpaired) electrons. The second-order valence-corrected chi connectivity index (χ2v) is 7.50. The van der Waals surface area contributed by atoms with E-state index >= 15 is 0 Å². The maximum atomic E-state index is 12.4. The van der Waals surface area contributed by atoms with E-state index in [0.29, 0.717) is 24.2 Å². The molecular weight excluding hydrogens is 320 g/mol. The Morgan fingerprint density at radius 3 is 2.70 bits per heavy atom. The molecule has 0 unspecified atom stereocenters. The smallest absolute Gasteiger partial charge is 0.250 e. The van der Waals surface area contributed by atoms with Crippen molar-refractivity contribution in [3.05, 3.63) is 24.3 Å². The average Bonchev–Trinajstić information content (AvgIpc) is 2.47. The number of hydrogen-bond acceptors (Lipinski definition) is 5. The van der Waals surface area contributed by atoms with E-state index in [-0.39, 0.29) is 12.5 Å². The second kappa shape index (κ2) is 7.76. The highest BCUT2D eigenvalue weighted by atomic mass is 32.2. The number of anilines is 2. The van der Waals surface area contributed by atoms with Crippen LogP contribution < -0.4 is 10.0 Å². The van der Waals surface area contributed by atoms with Gasteiger partial charge in [0.25, 0.3) is 0 Å². The van der Waals surface area contributed by atoms with Crippen molar-refractivity contribution in [2.75, 3.05) is 23.8 Å². The molecule has 128 valence electrons. The van der Waals surface area contributed by atoms with Gasteiger partial charge in [0, 0.05) is 12.8 Å². The third-order valence-electron chi connectivity index (χ3n) is 3.75. The van der Waals surface area contributed by atoms with Crippen LogP contribution in [0.25, 0.3) is 0 Å². The van der Waals surface area contributed by atoms with Gasteiger partial charge in [-0.05, 0) is 31.0 Å². The van der Waals surface area contributed by atoms with Gasteiger partial charge in [-0.3, -0.25) is 9.52 Å². The second-order valence-electron chi connectivity index (χ2n) is 5.60. The predicted molar refractivity (Wildman–Crippen MR) is 87.8 cm³/mol. The van der Waals surface area contributed by atoms with Gasteiger partial charge in [0.2, 0.25) is 15.9 Å². The van der Waals surface area contributed by atoms with Crippen molar-refractivity contribution in [3.8, 4) is 0 Å². The molecule has 0 saturated heterocycles. The molecule has 0 bridgehead atoms. The SMILES string of the molecule is COCC(=O)Nc1cccc(NS(=O)(=O)[C@H]2CCCC[C@@H]2O)c1. The number of methoxy groups -OCH3 is 1. The van der Waals surface area contributed by atoms with Crippen LogP contribution >= 0.6 is 0 Å². The minimum absolute atomic E-state index is 0.0791. The van der Waals surface area contributed by atoms with E-state index < -0.39 is 21.4 Å². The van der Waals surface area contributed by atoms with Gasteiger partial charge in [0.15, 0.2) is 0 Å². The summed E-state index contributed by atoms with van der Waals surface area (Å²) in [6.45, 7) is -0.0791. The third kappa shape index (κ3) is 4.92. The predicted octanol–water partition coefficient (Wildman–Crippen LogP) is 1.32. The highest BCUT2D eigenvalue weighted by Gasteiger charge is 2.34. The normalized spacial score (nSPS) is 21.7. The number of aliphatic hydroxyl groups is 1. The number of nitrogens with one attached hydrogen (secondary N) is 2. The number of carbonyl (C=O) groups is 1. The van der Waals surface area contributed by atoms with E-state index in [1.807, 2.05) is 0 Å². The summed E-state index contributed by atoms with van der Waals surface area (Å²) in [5.41, 5.74) is 0.814. The molecule has 2 rings (SSSR count). The van der Waals surface area contributed by atoms with Crippen molar-refractivity contribution in [3.63, 3.8) is 0 Å². The molecular formula is C15H22N2O5S. The number of amides is 1. The van der Waals surface area contributed by atoms with Crippen LogP contribution in [0, 0.1) is 0 Å². The molecule has 1 fully saturated rings. The summed E-state index contributed by atoms with van der Waals surface area (Å²) in [6, 6.07) is 6.41. The van der Waals surface area contributed by atoms with E-state index in [2.05, 4.69) is 10.0 Å². The molecule has 2 atom stereocenters. The monoisotopic (exact) mass is 342 g/mol. The summed E-state index contributed by atoms with van der Waals surface area (Å²) in [7, 11) is -2.26. The zero-order valence-electron chi connectivity index (χ0n) is 13.0. The number of carbonyl (C=O) groups excluding carboxylic acids is 1. The summed E-state index contributed by atoms with van der Waals surface area (Å²) in [6.07, 6.45) is 1.73. The number of hydrogen-bond donors (Lipinski definition) is 3. The molecule has 1 saturated carbocycles. The van der Waals surface area contributed by atoms with Gasteiger partial charge in [0.1, 0.15) is 11.9 Å². The largest absolute Gasteiger partial charge is 0.392 e. The first-order valence-electron chi connectivity index (χ1n) is 7.51. The molecule has 1 aromatic carbocycles. The lowest BCUT2D eigenvalue weighted by Gasteiger charge is -2.27. The number of sulfonamides is 1. The first kappa shape index (κ1) is 17.7. The van der Waals surface area contributed by atoms with Gasteiger partial charge >= 0.3 is 0 Å². The number of ether oxygens (including phenoxy) is 1. The zero-order chi connectivity index (χ0) is 16.9. The minimum Gasteiger partial charge on any atom is -0.392 e. The van der Waals surface area contributed by atoms with Crippen LogP contribution in [0.2, 0.25) is 0 Å². The summed E-state index contributed by atoms with van der Waals surface area (Å²) in [5, 5.41) is 11.7.